The zero-order valence-corrected chi connectivity index (χ0v) is 11.9. The normalized spacial score (nSPS) is 27.3. The van der Waals surface area contributed by atoms with E-state index in [-0.39, 0.29) is 5.54 Å². The van der Waals surface area contributed by atoms with Crippen molar-refractivity contribution in [2.45, 2.75) is 49.1 Å². The molecule has 0 aromatic carbocycles. The van der Waals surface area contributed by atoms with Gasteiger partial charge < -0.3 is 4.57 Å². The third kappa shape index (κ3) is 2.52. The SMILES string of the molecule is CCNC1(C#N)CCC(Sc2nnc(C)n2C)C1. The highest BCUT2D eigenvalue weighted by molar-refractivity contribution is 7.99. The maximum atomic E-state index is 9.34. The van der Waals surface area contributed by atoms with Crippen molar-refractivity contribution < 1.29 is 0 Å². The zero-order valence-electron chi connectivity index (χ0n) is 11.1. The molecule has 0 bridgehead atoms. The molecule has 0 aliphatic heterocycles. The van der Waals surface area contributed by atoms with Gasteiger partial charge in [-0.05, 0) is 32.7 Å². The number of hydrogen-bond donors (Lipinski definition) is 1. The number of aromatic nitrogens is 3. The molecule has 6 heteroatoms. The van der Waals surface area contributed by atoms with E-state index in [2.05, 4.69) is 21.6 Å². The number of nitrogens with zero attached hydrogens (tertiary/aromatic N) is 4. The summed E-state index contributed by atoms with van der Waals surface area (Å²) in [5.41, 5.74) is -0.333. The van der Waals surface area contributed by atoms with Gasteiger partial charge in [-0.1, -0.05) is 18.7 Å². The van der Waals surface area contributed by atoms with E-state index in [4.69, 9.17) is 0 Å². The van der Waals surface area contributed by atoms with Crippen LogP contribution in [-0.4, -0.2) is 32.1 Å². The number of nitriles is 1. The summed E-state index contributed by atoms with van der Waals surface area (Å²) in [4.78, 5) is 0. The van der Waals surface area contributed by atoms with Gasteiger partial charge in [-0.25, -0.2) is 0 Å². The lowest BCUT2D eigenvalue weighted by Crippen LogP contribution is -2.41. The fourth-order valence-electron chi connectivity index (χ4n) is 2.38. The van der Waals surface area contributed by atoms with E-state index < -0.39 is 0 Å². The number of hydrogen-bond acceptors (Lipinski definition) is 5. The predicted molar refractivity (Wildman–Crippen MR) is 71.3 cm³/mol. The van der Waals surface area contributed by atoms with Crippen LogP contribution in [0, 0.1) is 18.3 Å². The first-order valence-electron chi connectivity index (χ1n) is 6.29. The first kappa shape index (κ1) is 13.4. The van der Waals surface area contributed by atoms with E-state index in [0.717, 1.165) is 36.8 Å². The van der Waals surface area contributed by atoms with E-state index in [1.807, 2.05) is 25.5 Å². The molecule has 18 heavy (non-hydrogen) atoms. The number of aryl methyl sites for hydroxylation is 1. The molecule has 0 saturated heterocycles. The first-order valence-corrected chi connectivity index (χ1v) is 7.17. The second kappa shape index (κ2) is 5.29. The van der Waals surface area contributed by atoms with Gasteiger partial charge in [0.2, 0.25) is 0 Å². The van der Waals surface area contributed by atoms with Crippen molar-refractivity contribution in [1.29, 1.82) is 5.26 Å². The molecule has 1 aliphatic rings. The fourth-order valence-corrected chi connectivity index (χ4v) is 3.66. The maximum absolute atomic E-state index is 9.34. The van der Waals surface area contributed by atoms with Gasteiger partial charge in [0.1, 0.15) is 11.4 Å². The minimum absolute atomic E-state index is 0.333. The largest absolute Gasteiger partial charge is 0.309 e. The number of thioether (sulfide) groups is 1. The second-order valence-electron chi connectivity index (χ2n) is 4.80. The summed E-state index contributed by atoms with van der Waals surface area (Å²) < 4.78 is 2.00. The Morgan fingerprint density at radius 1 is 1.61 bits per heavy atom. The van der Waals surface area contributed by atoms with Crippen molar-refractivity contribution in [3.05, 3.63) is 5.82 Å². The van der Waals surface area contributed by atoms with Gasteiger partial charge in [0.25, 0.3) is 0 Å². The van der Waals surface area contributed by atoms with E-state index >= 15 is 0 Å². The molecule has 2 rings (SSSR count). The lowest BCUT2D eigenvalue weighted by molar-refractivity contribution is 0.436. The van der Waals surface area contributed by atoms with Crippen molar-refractivity contribution in [3.63, 3.8) is 0 Å². The van der Waals surface area contributed by atoms with Crippen molar-refractivity contribution in [2.24, 2.45) is 7.05 Å². The Balaban J connectivity index is 2.02. The molecule has 5 nitrogen and oxygen atoms in total. The predicted octanol–water partition coefficient (Wildman–Crippen LogP) is 1.64. The molecule has 1 fully saturated rings. The van der Waals surface area contributed by atoms with E-state index in [1.54, 1.807) is 11.8 Å². The zero-order chi connectivity index (χ0) is 13.2. The molecule has 2 unspecified atom stereocenters. The summed E-state index contributed by atoms with van der Waals surface area (Å²) in [6.45, 7) is 4.84. The van der Waals surface area contributed by atoms with Crippen LogP contribution in [0.1, 0.15) is 32.0 Å². The van der Waals surface area contributed by atoms with Crippen molar-refractivity contribution in [3.8, 4) is 6.07 Å². The Bertz CT molecular complexity index is 464. The lowest BCUT2D eigenvalue weighted by atomic mass is 10.0. The molecule has 1 heterocycles. The summed E-state index contributed by atoms with van der Waals surface area (Å²) in [6.07, 6.45) is 2.86. The molecule has 1 aromatic heterocycles. The average Bonchev–Trinajstić information content (AvgIpc) is 2.90. The third-order valence-electron chi connectivity index (χ3n) is 3.52. The molecule has 1 aliphatic carbocycles. The monoisotopic (exact) mass is 265 g/mol. The Morgan fingerprint density at radius 3 is 2.94 bits per heavy atom. The number of nitrogens with one attached hydrogen (secondary N) is 1. The first-order chi connectivity index (χ1) is 8.60. The highest BCUT2D eigenvalue weighted by atomic mass is 32.2. The van der Waals surface area contributed by atoms with Crippen molar-refractivity contribution in [1.82, 2.24) is 20.1 Å². The lowest BCUT2D eigenvalue weighted by Gasteiger charge is -2.21. The second-order valence-corrected chi connectivity index (χ2v) is 6.06. The summed E-state index contributed by atoms with van der Waals surface area (Å²) in [5, 5.41) is 22.3. The van der Waals surface area contributed by atoms with Crippen LogP contribution in [0.15, 0.2) is 5.16 Å². The van der Waals surface area contributed by atoms with Gasteiger partial charge in [-0.2, -0.15) is 5.26 Å². The van der Waals surface area contributed by atoms with Crippen LogP contribution >= 0.6 is 11.8 Å². The molecular formula is C12H19N5S. The summed E-state index contributed by atoms with van der Waals surface area (Å²) in [7, 11) is 1.98. The molecule has 0 amide bonds. The minimum atomic E-state index is -0.333. The van der Waals surface area contributed by atoms with Crippen LogP contribution in [0.4, 0.5) is 0 Å². The quantitative estimate of drug-likeness (QED) is 0.896. The topological polar surface area (TPSA) is 66.5 Å². The van der Waals surface area contributed by atoms with E-state index in [1.165, 1.54) is 0 Å². The van der Waals surface area contributed by atoms with Crippen LogP contribution in [0.2, 0.25) is 0 Å². The van der Waals surface area contributed by atoms with Crippen LogP contribution < -0.4 is 5.32 Å². The Morgan fingerprint density at radius 2 is 2.39 bits per heavy atom. The summed E-state index contributed by atoms with van der Waals surface area (Å²) in [6, 6.07) is 2.45. The highest BCUT2D eigenvalue weighted by Gasteiger charge is 2.39. The molecule has 2 atom stereocenters. The van der Waals surface area contributed by atoms with E-state index in [0.29, 0.717) is 5.25 Å². The van der Waals surface area contributed by atoms with Gasteiger partial charge in [0, 0.05) is 12.3 Å². The molecule has 1 N–H and O–H groups in total. The Labute approximate surface area is 112 Å². The smallest absolute Gasteiger partial charge is 0.191 e. The third-order valence-corrected chi connectivity index (χ3v) is 4.83. The van der Waals surface area contributed by atoms with Crippen molar-refractivity contribution >= 4 is 11.8 Å². The van der Waals surface area contributed by atoms with Gasteiger partial charge in [-0.15, -0.1) is 10.2 Å². The van der Waals surface area contributed by atoms with Gasteiger partial charge in [0.15, 0.2) is 5.16 Å². The highest BCUT2D eigenvalue weighted by Crippen LogP contribution is 2.39. The number of rotatable bonds is 4. The standard InChI is InChI=1S/C12H19N5S/c1-4-14-12(8-13)6-5-10(7-12)18-11-16-15-9(2)17(11)3/h10,14H,4-7H2,1-3H3. The molecule has 0 radical (unpaired) electrons. The van der Waals surface area contributed by atoms with Gasteiger partial charge >= 0.3 is 0 Å². The molecule has 98 valence electrons. The van der Waals surface area contributed by atoms with E-state index in [9.17, 15) is 5.26 Å². The molecule has 1 saturated carbocycles. The molecule has 0 spiro atoms. The molecular weight excluding hydrogens is 246 g/mol. The summed E-state index contributed by atoms with van der Waals surface area (Å²) in [5.74, 6) is 0.925. The van der Waals surface area contributed by atoms with Gasteiger partial charge in [-0.3, -0.25) is 5.32 Å². The molecule has 1 aromatic rings. The average molecular weight is 265 g/mol. The van der Waals surface area contributed by atoms with Crippen LogP contribution in [-0.2, 0) is 7.05 Å². The van der Waals surface area contributed by atoms with Crippen LogP contribution in [0.5, 0.6) is 0 Å². The van der Waals surface area contributed by atoms with Crippen LogP contribution in [0.3, 0.4) is 0 Å². The van der Waals surface area contributed by atoms with Crippen LogP contribution in [0.25, 0.3) is 0 Å². The Kier molecular flexibility index (Phi) is 3.93. The van der Waals surface area contributed by atoms with Crippen molar-refractivity contribution in [2.75, 3.05) is 6.54 Å². The summed E-state index contributed by atoms with van der Waals surface area (Å²) >= 11 is 1.74. The maximum Gasteiger partial charge on any atom is 0.191 e. The fraction of sp³-hybridized carbons (Fsp3) is 0.750. The van der Waals surface area contributed by atoms with Gasteiger partial charge in [0.05, 0.1) is 6.07 Å². The minimum Gasteiger partial charge on any atom is -0.309 e. The Hall–Kier alpha value is -1.06.